The van der Waals surface area contributed by atoms with Crippen LogP contribution in [0.4, 0.5) is 0 Å². The summed E-state index contributed by atoms with van der Waals surface area (Å²) in [4.78, 5) is 24.1. The number of para-hydroxylation sites is 1. The second-order valence-electron chi connectivity index (χ2n) is 6.19. The summed E-state index contributed by atoms with van der Waals surface area (Å²) in [5.41, 5.74) is 3.37. The van der Waals surface area contributed by atoms with Crippen molar-refractivity contribution in [2.24, 2.45) is 0 Å². The van der Waals surface area contributed by atoms with Gasteiger partial charge < -0.3 is 9.84 Å². The molecule has 0 fully saturated rings. The van der Waals surface area contributed by atoms with E-state index >= 15 is 0 Å². The van der Waals surface area contributed by atoms with Crippen molar-refractivity contribution in [1.29, 1.82) is 0 Å². The van der Waals surface area contributed by atoms with E-state index in [0.717, 1.165) is 22.3 Å². The summed E-state index contributed by atoms with van der Waals surface area (Å²) < 4.78 is 6.21. The lowest BCUT2D eigenvalue weighted by atomic mass is 9.97. The van der Waals surface area contributed by atoms with E-state index in [2.05, 4.69) is 11.2 Å². The van der Waals surface area contributed by atoms with Crippen molar-refractivity contribution < 1.29 is 14.6 Å². The van der Waals surface area contributed by atoms with Gasteiger partial charge in [-0.05, 0) is 38.0 Å². The molecule has 3 aromatic rings. The number of aryl methyl sites for hydroxylation is 2. The van der Waals surface area contributed by atoms with Gasteiger partial charge in [-0.2, -0.15) is 5.10 Å². The lowest BCUT2D eigenvalue weighted by Gasteiger charge is -2.15. The predicted molar refractivity (Wildman–Crippen MR) is 102 cm³/mol. The van der Waals surface area contributed by atoms with Gasteiger partial charge in [-0.3, -0.25) is 4.79 Å². The Morgan fingerprint density at radius 1 is 1.15 bits per heavy atom. The molecular weight excluding hydrogens is 344 g/mol. The Labute approximate surface area is 156 Å². The molecule has 0 spiro atoms. The van der Waals surface area contributed by atoms with Gasteiger partial charge in [0.05, 0.1) is 18.5 Å². The maximum atomic E-state index is 12.1. The van der Waals surface area contributed by atoms with Crippen LogP contribution in [0.5, 0.6) is 5.75 Å². The molecule has 0 radical (unpaired) electrons. The van der Waals surface area contributed by atoms with Crippen LogP contribution in [0.25, 0.3) is 16.8 Å². The monoisotopic (exact) mass is 364 g/mol. The largest absolute Gasteiger partial charge is 0.503 e. The van der Waals surface area contributed by atoms with Gasteiger partial charge in [0.2, 0.25) is 5.69 Å². The number of esters is 1. The van der Waals surface area contributed by atoms with Gasteiger partial charge in [0, 0.05) is 5.56 Å². The van der Waals surface area contributed by atoms with E-state index in [-0.39, 0.29) is 6.61 Å². The van der Waals surface area contributed by atoms with E-state index in [9.17, 15) is 14.7 Å². The van der Waals surface area contributed by atoms with E-state index in [1.807, 2.05) is 50.2 Å². The Bertz CT molecular complexity index is 1070. The fraction of sp³-hybridized carbons (Fsp3) is 0.190. The Kier molecular flexibility index (Phi) is 5.07. The maximum absolute atomic E-state index is 12.1. The molecule has 0 aliphatic rings. The molecule has 0 aliphatic carbocycles. The standard InChI is InChI=1S/C21H20N2O4/c1-4-27-21(26)19-20(25)18(24)12-23(22-19)17-8-6-5-7-15(17)16-11-13(2)9-10-14(16)3/h5-12,24H,4H2,1-3H3. The molecule has 27 heavy (non-hydrogen) atoms. The summed E-state index contributed by atoms with van der Waals surface area (Å²) in [5, 5.41) is 14.2. The Balaban J connectivity index is 2.23. The minimum Gasteiger partial charge on any atom is -0.503 e. The Morgan fingerprint density at radius 3 is 2.63 bits per heavy atom. The van der Waals surface area contributed by atoms with Crippen LogP contribution in [0.15, 0.2) is 53.5 Å². The Morgan fingerprint density at radius 2 is 1.89 bits per heavy atom. The fourth-order valence-corrected chi connectivity index (χ4v) is 2.86. The van der Waals surface area contributed by atoms with Crippen molar-refractivity contribution in [2.75, 3.05) is 6.61 Å². The molecule has 6 heteroatoms. The Hall–Kier alpha value is -3.41. The molecule has 138 valence electrons. The number of hydrogen-bond donors (Lipinski definition) is 1. The first-order valence-corrected chi connectivity index (χ1v) is 8.59. The van der Waals surface area contributed by atoms with E-state index < -0.39 is 22.8 Å². The van der Waals surface area contributed by atoms with Crippen LogP contribution in [0.2, 0.25) is 0 Å². The molecule has 1 N–H and O–H groups in total. The summed E-state index contributed by atoms with van der Waals surface area (Å²) in [5.74, 6) is -1.43. The second kappa shape index (κ2) is 7.45. The van der Waals surface area contributed by atoms with Crippen molar-refractivity contribution in [1.82, 2.24) is 9.78 Å². The normalized spacial score (nSPS) is 10.6. The average molecular weight is 364 g/mol. The van der Waals surface area contributed by atoms with Crippen LogP contribution in [0.1, 0.15) is 28.5 Å². The number of ether oxygens (including phenoxy) is 1. The molecular formula is C21H20N2O4. The summed E-state index contributed by atoms with van der Waals surface area (Å²) in [7, 11) is 0. The maximum Gasteiger partial charge on any atom is 0.363 e. The molecule has 3 rings (SSSR count). The third-order valence-corrected chi connectivity index (χ3v) is 4.20. The zero-order valence-electron chi connectivity index (χ0n) is 15.4. The number of carbonyl (C=O) groups is 1. The lowest BCUT2D eigenvalue weighted by Crippen LogP contribution is -2.23. The van der Waals surface area contributed by atoms with Crippen molar-refractivity contribution in [3.8, 4) is 22.6 Å². The predicted octanol–water partition coefficient (Wildman–Crippen LogP) is 3.40. The summed E-state index contributed by atoms with van der Waals surface area (Å²) >= 11 is 0. The number of nitrogens with zero attached hydrogens (tertiary/aromatic N) is 2. The van der Waals surface area contributed by atoms with Gasteiger partial charge in [0.1, 0.15) is 0 Å². The first-order chi connectivity index (χ1) is 12.9. The highest BCUT2D eigenvalue weighted by Crippen LogP contribution is 2.30. The van der Waals surface area contributed by atoms with E-state index in [0.29, 0.717) is 5.69 Å². The van der Waals surface area contributed by atoms with E-state index in [1.54, 1.807) is 6.92 Å². The topological polar surface area (TPSA) is 81.4 Å². The molecule has 0 aliphatic heterocycles. The number of hydrogen-bond acceptors (Lipinski definition) is 5. The quantitative estimate of drug-likeness (QED) is 0.718. The molecule has 1 aromatic heterocycles. The minimum absolute atomic E-state index is 0.106. The summed E-state index contributed by atoms with van der Waals surface area (Å²) in [6.45, 7) is 5.75. The van der Waals surface area contributed by atoms with Gasteiger partial charge in [0.25, 0.3) is 5.43 Å². The molecule has 0 saturated carbocycles. The second-order valence-corrected chi connectivity index (χ2v) is 6.19. The van der Waals surface area contributed by atoms with Crippen molar-refractivity contribution >= 4 is 5.97 Å². The first kappa shape index (κ1) is 18.4. The van der Waals surface area contributed by atoms with Gasteiger partial charge in [-0.15, -0.1) is 0 Å². The summed E-state index contributed by atoms with van der Waals surface area (Å²) in [6, 6.07) is 13.6. The number of aromatic hydroxyl groups is 1. The smallest absolute Gasteiger partial charge is 0.363 e. The van der Waals surface area contributed by atoms with E-state index in [1.165, 1.54) is 10.9 Å². The highest BCUT2D eigenvalue weighted by atomic mass is 16.5. The van der Waals surface area contributed by atoms with Gasteiger partial charge in [-0.1, -0.05) is 42.0 Å². The van der Waals surface area contributed by atoms with Crippen LogP contribution in [0, 0.1) is 13.8 Å². The third-order valence-electron chi connectivity index (χ3n) is 4.20. The van der Waals surface area contributed by atoms with E-state index in [4.69, 9.17) is 4.74 Å². The summed E-state index contributed by atoms with van der Waals surface area (Å²) in [6.07, 6.45) is 1.20. The SMILES string of the molecule is CCOC(=O)c1nn(-c2ccccc2-c2cc(C)ccc2C)cc(O)c1=O. The fourth-order valence-electron chi connectivity index (χ4n) is 2.86. The van der Waals surface area contributed by atoms with Gasteiger partial charge >= 0.3 is 5.97 Å². The highest BCUT2D eigenvalue weighted by molar-refractivity contribution is 5.87. The number of rotatable bonds is 4. The van der Waals surface area contributed by atoms with Gasteiger partial charge in [-0.25, -0.2) is 9.48 Å². The average Bonchev–Trinajstić information content (AvgIpc) is 2.66. The lowest BCUT2D eigenvalue weighted by molar-refractivity contribution is 0.0514. The minimum atomic E-state index is -0.864. The van der Waals surface area contributed by atoms with Crippen LogP contribution >= 0.6 is 0 Å². The van der Waals surface area contributed by atoms with Crippen molar-refractivity contribution in [2.45, 2.75) is 20.8 Å². The van der Waals surface area contributed by atoms with Crippen LogP contribution < -0.4 is 5.43 Å². The third kappa shape index (κ3) is 3.60. The van der Waals surface area contributed by atoms with Gasteiger partial charge in [0.15, 0.2) is 5.75 Å². The van der Waals surface area contributed by atoms with Crippen LogP contribution in [-0.2, 0) is 4.74 Å². The molecule has 6 nitrogen and oxygen atoms in total. The van der Waals surface area contributed by atoms with Crippen molar-refractivity contribution in [3.05, 3.63) is 75.7 Å². The van der Waals surface area contributed by atoms with Crippen LogP contribution in [-0.4, -0.2) is 27.5 Å². The number of carbonyl (C=O) groups excluding carboxylic acids is 1. The van der Waals surface area contributed by atoms with Crippen LogP contribution in [0.3, 0.4) is 0 Å². The molecule has 2 aromatic carbocycles. The zero-order valence-corrected chi connectivity index (χ0v) is 15.4. The van der Waals surface area contributed by atoms with Crippen molar-refractivity contribution in [3.63, 3.8) is 0 Å². The first-order valence-electron chi connectivity index (χ1n) is 8.59. The number of benzene rings is 2. The molecule has 0 unspecified atom stereocenters. The molecule has 0 bridgehead atoms. The molecule has 0 atom stereocenters. The zero-order chi connectivity index (χ0) is 19.6. The molecule has 1 heterocycles. The number of aromatic nitrogens is 2. The highest BCUT2D eigenvalue weighted by Gasteiger charge is 2.19. The molecule has 0 amide bonds. The molecule has 0 saturated heterocycles.